The Morgan fingerprint density at radius 2 is 1.75 bits per heavy atom. The second-order valence-corrected chi connectivity index (χ2v) is 7.19. The van der Waals surface area contributed by atoms with Crippen molar-refractivity contribution in [3.8, 4) is 0 Å². The fourth-order valence-corrected chi connectivity index (χ4v) is 3.91. The van der Waals surface area contributed by atoms with Crippen molar-refractivity contribution in [2.45, 2.75) is 4.90 Å². The minimum Gasteiger partial charge on any atom is -0.459 e. The van der Waals surface area contributed by atoms with E-state index in [4.69, 9.17) is 4.42 Å². The van der Waals surface area contributed by atoms with Crippen molar-refractivity contribution in [1.29, 1.82) is 0 Å². The Morgan fingerprint density at radius 3 is 2.33 bits per heavy atom. The SMILES string of the molecule is O=C(c1ccco1)N1CCN(S(=O)(=O)c2ccc(F)c(F)c2)CC1. The van der Waals surface area contributed by atoms with Gasteiger partial charge in [0, 0.05) is 26.2 Å². The van der Waals surface area contributed by atoms with E-state index in [2.05, 4.69) is 0 Å². The number of hydrogen-bond donors (Lipinski definition) is 0. The van der Waals surface area contributed by atoms with E-state index >= 15 is 0 Å². The zero-order valence-corrected chi connectivity index (χ0v) is 13.3. The molecule has 1 aromatic heterocycles. The van der Waals surface area contributed by atoms with Gasteiger partial charge in [-0.1, -0.05) is 0 Å². The van der Waals surface area contributed by atoms with Crippen LogP contribution in [0.5, 0.6) is 0 Å². The molecule has 3 rings (SSSR count). The van der Waals surface area contributed by atoms with Gasteiger partial charge in [-0.25, -0.2) is 17.2 Å². The molecule has 0 saturated carbocycles. The van der Waals surface area contributed by atoms with Crippen LogP contribution in [-0.4, -0.2) is 49.7 Å². The lowest BCUT2D eigenvalue weighted by Crippen LogP contribution is -2.50. The Bertz CT molecular complexity index is 844. The Kier molecular flexibility index (Phi) is 4.37. The third-order valence-electron chi connectivity index (χ3n) is 3.79. The zero-order valence-electron chi connectivity index (χ0n) is 12.5. The average Bonchev–Trinajstić information content (AvgIpc) is 3.11. The van der Waals surface area contributed by atoms with Gasteiger partial charge in [-0.3, -0.25) is 4.79 Å². The van der Waals surface area contributed by atoms with E-state index in [0.29, 0.717) is 6.07 Å². The van der Waals surface area contributed by atoms with Crippen molar-refractivity contribution < 1.29 is 26.4 Å². The average molecular weight is 356 g/mol. The van der Waals surface area contributed by atoms with Gasteiger partial charge in [0.15, 0.2) is 17.4 Å². The van der Waals surface area contributed by atoms with Crippen LogP contribution in [0, 0.1) is 11.6 Å². The standard InChI is InChI=1S/C15H14F2N2O4S/c16-12-4-3-11(10-13(12)17)24(21,22)19-7-5-18(6-8-19)15(20)14-2-1-9-23-14/h1-4,9-10H,5-8H2. The van der Waals surface area contributed by atoms with E-state index in [1.807, 2.05) is 0 Å². The highest BCUT2D eigenvalue weighted by molar-refractivity contribution is 7.89. The third-order valence-corrected chi connectivity index (χ3v) is 5.68. The molecule has 128 valence electrons. The normalized spacial score (nSPS) is 16.3. The van der Waals surface area contributed by atoms with E-state index < -0.39 is 21.7 Å². The maximum Gasteiger partial charge on any atom is 0.289 e. The molecule has 0 aliphatic carbocycles. The summed E-state index contributed by atoms with van der Waals surface area (Å²) in [5.74, 6) is -2.46. The number of amides is 1. The molecule has 1 fully saturated rings. The fraction of sp³-hybridized carbons (Fsp3) is 0.267. The van der Waals surface area contributed by atoms with Crippen LogP contribution in [0.4, 0.5) is 8.78 Å². The Balaban J connectivity index is 1.71. The molecule has 1 aliphatic heterocycles. The van der Waals surface area contributed by atoms with Crippen LogP contribution in [0.3, 0.4) is 0 Å². The highest BCUT2D eigenvalue weighted by Crippen LogP contribution is 2.20. The van der Waals surface area contributed by atoms with Gasteiger partial charge in [0.05, 0.1) is 11.2 Å². The fourth-order valence-electron chi connectivity index (χ4n) is 2.47. The maximum atomic E-state index is 13.3. The first-order valence-electron chi connectivity index (χ1n) is 7.17. The summed E-state index contributed by atoms with van der Waals surface area (Å²) in [4.78, 5) is 13.3. The first-order valence-corrected chi connectivity index (χ1v) is 8.61. The molecule has 0 unspecified atom stereocenters. The number of furan rings is 1. The van der Waals surface area contributed by atoms with Gasteiger partial charge < -0.3 is 9.32 Å². The molecule has 2 heterocycles. The van der Waals surface area contributed by atoms with Crippen LogP contribution < -0.4 is 0 Å². The second kappa shape index (κ2) is 6.33. The van der Waals surface area contributed by atoms with Gasteiger partial charge in [0.1, 0.15) is 0 Å². The summed E-state index contributed by atoms with van der Waals surface area (Å²) in [7, 11) is -3.94. The maximum absolute atomic E-state index is 13.3. The minimum absolute atomic E-state index is 0.0633. The summed E-state index contributed by atoms with van der Waals surface area (Å²) < 4.78 is 57.4. The lowest BCUT2D eigenvalue weighted by molar-refractivity contribution is 0.0666. The number of carbonyl (C=O) groups is 1. The molecule has 1 aromatic carbocycles. The molecule has 0 atom stereocenters. The van der Waals surface area contributed by atoms with E-state index in [0.717, 1.165) is 16.4 Å². The van der Waals surface area contributed by atoms with E-state index in [-0.39, 0.29) is 42.7 Å². The highest BCUT2D eigenvalue weighted by atomic mass is 32.2. The van der Waals surface area contributed by atoms with Gasteiger partial charge >= 0.3 is 0 Å². The van der Waals surface area contributed by atoms with Crippen LogP contribution >= 0.6 is 0 Å². The van der Waals surface area contributed by atoms with Crippen LogP contribution in [-0.2, 0) is 10.0 Å². The number of sulfonamides is 1. The summed E-state index contributed by atoms with van der Waals surface area (Å²) in [5, 5.41) is 0. The first-order chi connectivity index (χ1) is 11.4. The van der Waals surface area contributed by atoms with Gasteiger partial charge in [-0.15, -0.1) is 0 Å². The van der Waals surface area contributed by atoms with Crippen LogP contribution in [0.15, 0.2) is 45.9 Å². The van der Waals surface area contributed by atoms with Crippen molar-refractivity contribution >= 4 is 15.9 Å². The molecule has 1 amide bonds. The number of halogens is 2. The predicted molar refractivity (Wildman–Crippen MR) is 79.7 cm³/mol. The molecule has 9 heteroatoms. The number of piperazine rings is 1. The van der Waals surface area contributed by atoms with Crippen LogP contribution in [0.25, 0.3) is 0 Å². The quantitative estimate of drug-likeness (QED) is 0.839. The number of carbonyl (C=O) groups excluding carboxylic acids is 1. The number of rotatable bonds is 3. The van der Waals surface area contributed by atoms with Gasteiger partial charge in [-0.2, -0.15) is 4.31 Å². The van der Waals surface area contributed by atoms with Gasteiger partial charge in [0.25, 0.3) is 5.91 Å². The summed E-state index contributed by atoms with van der Waals surface area (Å²) in [6.07, 6.45) is 1.39. The third kappa shape index (κ3) is 3.04. The van der Waals surface area contributed by atoms with Gasteiger partial charge in [0.2, 0.25) is 10.0 Å². The molecule has 2 aromatic rings. The summed E-state index contributed by atoms with van der Waals surface area (Å²) in [6, 6.07) is 5.59. The summed E-state index contributed by atoms with van der Waals surface area (Å²) >= 11 is 0. The molecule has 6 nitrogen and oxygen atoms in total. The Morgan fingerprint density at radius 1 is 1.04 bits per heavy atom. The number of nitrogens with zero attached hydrogens (tertiary/aromatic N) is 2. The highest BCUT2D eigenvalue weighted by Gasteiger charge is 2.31. The lowest BCUT2D eigenvalue weighted by atomic mass is 10.3. The second-order valence-electron chi connectivity index (χ2n) is 5.25. The molecule has 1 aliphatic rings. The van der Waals surface area contributed by atoms with E-state index in [1.165, 1.54) is 17.2 Å². The Hall–Kier alpha value is -2.26. The van der Waals surface area contributed by atoms with E-state index in [9.17, 15) is 22.0 Å². The molecule has 0 N–H and O–H groups in total. The molecular weight excluding hydrogens is 342 g/mol. The molecule has 0 radical (unpaired) electrons. The van der Waals surface area contributed by atoms with Crippen molar-refractivity contribution in [3.05, 3.63) is 54.0 Å². The minimum atomic E-state index is -3.94. The van der Waals surface area contributed by atoms with Crippen LogP contribution in [0.1, 0.15) is 10.6 Å². The molecule has 24 heavy (non-hydrogen) atoms. The topological polar surface area (TPSA) is 70.8 Å². The van der Waals surface area contributed by atoms with Gasteiger partial charge in [-0.05, 0) is 30.3 Å². The zero-order chi connectivity index (χ0) is 17.3. The van der Waals surface area contributed by atoms with Crippen molar-refractivity contribution in [2.75, 3.05) is 26.2 Å². The lowest BCUT2D eigenvalue weighted by Gasteiger charge is -2.33. The largest absolute Gasteiger partial charge is 0.459 e. The smallest absolute Gasteiger partial charge is 0.289 e. The molecular formula is C15H14F2N2O4S. The van der Waals surface area contributed by atoms with Crippen molar-refractivity contribution in [2.24, 2.45) is 0 Å². The van der Waals surface area contributed by atoms with Crippen molar-refractivity contribution in [3.63, 3.8) is 0 Å². The Labute approximate surface area is 137 Å². The molecule has 1 saturated heterocycles. The monoisotopic (exact) mass is 356 g/mol. The number of benzene rings is 1. The number of hydrogen-bond acceptors (Lipinski definition) is 4. The summed E-state index contributed by atoms with van der Waals surface area (Å²) in [6.45, 7) is 0.492. The first kappa shape index (κ1) is 16.6. The predicted octanol–water partition coefficient (Wildman–Crippen LogP) is 1.70. The van der Waals surface area contributed by atoms with Crippen molar-refractivity contribution in [1.82, 2.24) is 9.21 Å². The van der Waals surface area contributed by atoms with E-state index in [1.54, 1.807) is 6.07 Å². The van der Waals surface area contributed by atoms with Crippen LogP contribution in [0.2, 0.25) is 0 Å². The molecule has 0 spiro atoms. The molecule has 0 bridgehead atoms. The summed E-state index contributed by atoms with van der Waals surface area (Å²) in [5.41, 5.74) is 0.